The Hall–Kier alpha value is -3.32. The third-order valence-corrected chi connectivity index (χ3v) is 7.38. The minimum absolute atomic E-state index is 0. The number of phenolic OH excluding ortho intramolecular Hbond substituents is 1. The number of hydrogen-bond donors (Lipinski definition) is 1. The zero-order valence-corrected chi connectivity index (χ0v) is 21.1. The van der Waals surface area contributed by atoms with Gasteiger partial charge in [-0.15, -0.1) is 0 Å². The summed E-state index contributed by atoms with van der Waals surface area (Å²) < 4.78 is 58.3. The molecule has 0 saturated carbocycles. The van der Waals surface area contributed by atoms with E-state index in [2.05, 4.69) is 4.90 Å². The number of likely N-dealkylation sites (tertiary alicyclic amines) is 1. The number of rotatable bonds is 7. The molecule has 3 aromatic rings. The van der Waals surface area contributed by atoms with Crippen molar-refractivity contribution < 1.29 is 27.4 Å². The Bertz CT molecular complexity index is 1280. The largest absolute Gasteiger partial charge is 0.508 e. The number of hydrogen-bond acceptors (Lipinski definition) is 3. The van der Waals surface area contributed by atoms with Crippen LogP contribution in [0.4, 0.5) is 17.6 Å². The molecular formula is C32H35F4NO2. The van der Waals surface area contributed by atoms with Crippen LogP contribution in [-0.2, 0) is 12.6 Å². The Balaban J connectivity index is 0.00000353. The number of alkyl halides is 4. The van der Waals surface area contributed by atoms with Crippen LogP contribution < -0.4 is 4.74 Å². The lowest BCUT2D eigenvalue weighted by Crippen LogP contribution is -2.26. The number of phenols is 1. The molecule has 0 aromatic heterocycles. The number of benzene rings is 3. The van der Waals surface area contributed by atoms with Crippen molar-refractivity contribution in [2.24, 2.45) is 0 Å². The summed E-state index contributed by atoms with van der Waals surface area (Å²) in [6, 6.07) is 18.5. The number of allylic oxidation sites excluding steroid dienone is 1. The van der Waals surface area contributed by atoms with Gasteiger partial charge in [-0.05, 0) is 102 Å². The lowest BCUT2D eigenvalue weighted by molar-refractivity contribution is -0.137. The summed E-state index contributed by atoms with van der Waals surface area (Å²) in [5.74, 6) is 0.948. The van der Waals surface area contributed by atoms with Crippen LogP contribution in [0.25, 0.3) is 11.1 Å². The molecule has 3 nitrogen and oxygen atoms in total. The Morgan fingerprint density at radius 1 is 0.923 bits per heavy atom. The van der Waals surface area contributed by atoms with Crippen molar-refractivity contribution in [1.82, 2.24) is 4.90 Å². The predicted molar refractivity (Wildman–Crippen MR) is 148 cm³/mol. The fraction of sp³-hybridized carbons (Fsp3) is 0.375. The van der Waals surface area contributed by atoms with E-state index >= 15 is 0 Å². The van der Waals surface area contributed by atoms with Crippen molar-refractivity contribution in [3.63, 3.8) is 0 Å². The second-order valence-corrected chi connectivity index (χ2v) is 10.0. The number of nitrogens with zero attached hydrogens (tertiary/aromatic N) is 1. The van der Waals surface area contributed by atoms with Crippen LogP contribution in [0.2, 0.25) is 0 Å². The van der Waals surface area contributed by atoms with Crippen LogP contribution in [0.3, 0.4) is 0 Å². The second-order valence-electron chi connectivity index (χ2n) is 10.0. The topological polar surface area (TPSA) is 32.7 Å². The molecule has 5 rings (SSSR count). The summed E-state index contributed by atoms with van der Waals surface area (Å²) in [4.78, 5) is 2.22. The first-order valence-corrected chi connectivity index (χ1v) is 13.1. The predicted octanol–water partition coefficient (Wildman–Crippen LogP) is 8.16. The molecule has 0 amide bonds. The van der Waals surface area contributed by atoms with Gasteiger partial charge in [-0.1, -0.05) is 37.8 Å². The summed E-state index contributed by atoms with van der Waals surface area (Å²) in [6.45, 7) is 2.11. The van der Waals surface area contributed by atoms with Gasteiger partial charge < -0.3 is 9.84 Å². The molecule has 7 heteroatoms. The highest BCUT2D eigenvalue weighted by Crippen LogP contribution is 2.41. The molecule has 0 unspecified atom stereocenters. The Morgan fingerprint density at radius 3 is 2.33 bits per heavy atom. The van der Waals surface area contributed by atoms with Gasteiger partial charge in [0, 0.05) is 19.6 Å². The zero-order chi connectivity index (χ0) is 26.7. The molecule has 1 saturated heterocycles. The molecule has 3 aromatic carbocycles. The van der Waals surface area contributed by atoms with E-state index in [1.54, 1.807) is 24.3 Å². The van der Waals surface area contributed by atoms with Crippen molar-refractivity contribution in [3.8, 4) is 11.5 Å². The monoisotopic (exact) mass is 541 g/mol. The van der Waals surface area contributed by atoms with E-state index in [0.29, 0.717) is 12.8 Å². The normalized spacial score (nSPS) is 17.9. The maximum atomic E-state index is 13.2. The lowest BCUT2D eigenvalue weighted by atomic mass is 9.87. The van der Waals surface area contributed by atoms with Gasteiger partial charge in [0.05, 0.1) is 12.2 Å². The number of ether oxygens (including phenoxy) is 1. The van der Waals surface area contributed by atoms with Crippen LogP contribution >= 0.6 is 0 Å². The van der Waals surface area contributed by atoms with E-state index in [4.69, 9.17) is 4.74 Å². The number of fused-ring (bicyclic) bond motifs is 1. The summed E-state index contributed by atoms with van der Waals surface area (Å²) >= 11 is 0. The molecular weight excluding hydrogens is 506 g/mol. The summed E-state index contributed by atoms with van der Waals surface area (Å²) in [6.07, 6.45) is -0.611. The second kappa shape index (κ2) is 12.2. The van der Waals surface area contributed by atoms with Crippen LogP contribution in [-0.4, -0.2) is 42.4 Å². The van der Waals surface area contributed by atoms with Crippen LogP contribution in [0.15, 0.2) is 66.7 Å². The molecule has 1 aliphatic heterocycles. The first-order chi connectivity index (χ1) is 18.3. The molecule has 0 radical (unpaired) electrons. The van der Waals surface area contributed by atoms with E-state index in [1.807, 2.05) is 30.3 Å². The first kappa shape index (κ1) is 28.7. The van der Waals surface area contributed by atoms with Gasteiger partial charge in [0.25, 0.3) is 0 Å². The average molecular weight is 542 g/mol. The highest BCUT2D eigenvalue weighted by Gasteiger charge is 2.30. The average Bonchev–Trinajstić information content (AvgIpc) is 3.26. The molecule has 1 fully saturated rings. The van der Waals surface area contributed by atoms with E-state index in [0.717, 1.165) is 90.2 Å². The fourth-order valence-electron chi connectivity index (χ4n) is 5.53. The maximum absolute atomic E-state index is 13.2. The molecule has 0 bridgehead atoms. The van der Waals surface area contributed by atoms with Crippen molar-refractivity contribution in [2.75, 3.05) is 26.3 Å². The lowest BCUT2D eigenvalue weighted by Gasteiger charge is -2.19. The van der Waals surface area contributed by atoms with Crippen molar-refractivity contribution in [1.29, 1.82) is 0 Å². The molecule has 1 N–H and O–H groups in total. The van der Waals surface area contributed by atoms with E-state index in [1.165, 1.54) is 0 Å². The van der Waals surface area contributed by atoms with Crippen LogP contribution in [0, 0.1) is 0 Å². The maximum Gasteiger partial charge on any atom is 0.416 e. The Kier molecular flexibility index (Phi) is 9.01. The molecule has 0 spiro atoms. The molecule has 1 aliphatic carbocycles. The zero-order valence-electron chi connectivity index (χ0n) is 21.1. The minimum Gasteiger partial charge on any atom is -0.508 e. The third-order valence-electron chi connectivity index (χ3n) is 7.38. The fourth-order valence-corrected chi connectivity index (χ4v) is 5.53. The third kappa shape index (κ3) is 6.64. The number of aromatic hydroxyl groups is 1. The van der Waals surface area contributed by atoms with Crippen LogP contribution in [0.5, 0.6) is 11.5 Å². The van der Waals surface area contributed by atoms with Gasteiger partial charge in [-0.2, -0.15) is 13.2 Å². The first-order valence-electron chi connectivity index (χ1n) is 13.1. The van der Waals surface area contributed by atoms with Gasteiger partial charge in [0.15, 0.2) is 0 Å². The standard InChI is InChI=1S/C31H31F4NO2.CH4/c32-16-2-17-36-18-15-27(20-36)38-26-12-7-22(8-13-26)30-28(21-5-9-24(10-6-21)31(33,34)35)4-1-3-23-19-25(37)11-14-29(23)30;/h5-14,19,27,37H,1-4,15-18,20H2;1H4/t27-;/m0./s1. The minimum atomic E-state index is -4.39. The van der Waals surface area contributed by atoms with Crippen molar-refractivity contribution in [2.45, 2.75) is 51.8 Å². The summed E-state index contributed by atoms with van der Waals surface area (Å²) in [5, 5.41) is 10.1. The number of halogens is 4. The van der Waals surface area contributed by atoms with Crippen molar-refractivity contribution in [3.05, 3.63) is 94.5 Å². The highest BCUT2D eigenvalue weighted by molar-refractivity contribution is 6.00. The number of aryl methyl sites for hydroxylation is 1. The van der Waals surface area contributed by atoms with Gasteiger partial charge in [0.1, 0.15) is 17.6 Å². The van der Waals surface area contributed by atoms with E-state index in [-0.39, 0.29) is 26.0 Å². The van der Waals surface area contributed by atoms with Gasteiger partial charge in [0.2, 0.25) is 0 Å². The quantitative estimate of drug-likeness (QED) is 0.306. The summed E-state index contributed by atoms with van der Waals surface area (Å²) in [5.41, 5.74) is 4.97. The molecule has 2 aliphatic rings. The molecule has 208 valence electrons. The van der Waals surface area contributed by atoms with Gasteiger partial charge >= 0.3 is 6.18 Å². The highest BCUT2D eigenvalue weighted by atomic mass is 19.4. The van der Waals surface area contributed by atoms with Gasteiger partial charge in [-0.3, -0.25) is 9.29 Å². The Labute approximate surface area is 227 Å². The van der Waals surface area contributed by atoms with Gasteiger partial charge in [-0.25, -0.2) is 0 Å². The van der Waals surface area contributed by atoms with E-state index in [9.17, 15) is 22.7 Å². The van der Waals surface area contributed by atoms with E-state index < -0.39 is 11.7 Å². The summed E-state index contributed by atoms with van der Waals surface area (Å²) in [7, 11) is 0. The molecule has 39 heavy (non-hydrogen) atoms. The smallest absolute Gasteiger partial charge is 0.416 e. The van der Waals surface area contributed by atoms with Crippen LogP contribution in [0.1, 0.15) is 60.9 Å². The Morgan fingerprint density at radius 2 is 1.64 bits per heavy atom. The van der Waals surface area contributed by atoms with Crippen molar-refractivity contribution >= 4 is 11.1 Å². The SMILES string of the molecule is C.Oc1ccc2c(c1)CCCC(c1ccc(C(F)(F)F)cc1)=C2c1ccc(O[C@H]2CCN(CCCF)C2)cc1. The molecule has 1 atom stereocenters. The molecule has 1 heterocycles.